The minimum atomic E-state index is -4.84. The summed E-state index contributed by atoms with van der Waals surface area (Å²) in [4.78, 5) is 11.3. The second-order valence-corrected chi connectivity index (χ2v) is 11.7. The zero-order chi connectivity index (χ0) is 26.0. The minimum absolute atomic E-state index is 0. The topological polar surface area (TPSA) is 186 Å². The average molecular weight is 605 g/mol. The van der Waals surface area contributed by atoms with Gasteiger partial charge >= 0.3 is 103 Å². The van der Waals surface area contributed by atoms with Crippen molar-refractivity contribution in [3.05, 3.63) is 29.3 Å². The number of carbonyl (C=O) groups is 1. The maximum atomic E-state index is 11.3. The van der Waals surface area contributed by atoms with E-state index in [0.717, 1.165) is 36.8 Å². The molecule has 5 rings (SSSR count). The summed E-state index contributed by atoms with van der Waals surface area (Å²) >= 11 is 0. The van der Waals surface area contributed by atoms with Crippen molar-refractivity contribution in [2.24, 2.45) is 17.3 Å². The van der Waals surface area contributed by atoms with Gasteiger partial charge in [-0.25, -0.2) is 8.42 Å². The quantitative estimate of drug-likeness (QED) is 0.165. The molecule has 1 aromatic carbocycles. The summed E-state index contributed by atoms with van der Waals surface area (Å²) in [6.07, 6.45) is -3.96. The Kier molecular flexibility index (Phi) is 11.6. The largest absolute Gasteiger partial charge is 1.00 e. The number of carboxylic acid groups (broad SMARTS) is 1. The number of carbonyl (C=O) groups excluding carboxylic acids is 1. The van der Waals surface area contributed by atoms with E-state index in [1.807, 2.05) is 6.07 Å². The summed E-state index contributed by atoms with van der Waals surface area (Å²) < 4.78 is 48.8. The number of rotatable bonds is 5. The molecule has 1 aliphatic heterocycles. The zero-order valence-corrected chi connectivity index (χ0v) is 28.7. The molecule has 0 aromatic heterocycles. The first-order chi connectivity index (χ1) is 16.9. The van der Waals surface area contributed by atoms with Crippen LogP contribution in [0.1, 0.15) is 56.1 Å². The molecule has 1 saturated heterocycles. The third-order valence-corrected chi connectivity index (χ3v) is 9.31. The molecular formula is C24H30K2O11S. The average Bonchev–Trinajstić information content (AvgIpc) is 3.13. The monoisotopic (exact) mass is 604 g/mol. The molecule has 11 nitrogen and oxygen atoms in total. The zero-order valence-electron chi connectivity index (χ0n) is 21.7. The summed E-state index contributed by atoms with van der Waals surface area (Å²) in [7, 11) is -4.84. The van der Waals surface area contributed by atoms with Gasteiger partial charge in [0.05, 0.1) is 12.1 Å². The molecular weight excluding hydrogens is 575 g/mol. The first kappa shape index (κ1) is 34.0. The summed E-state index contributed by atoms with van der Waals surface area (Å²) in [6, 6.07) is 4.99. The van der Waals surface area contributed by atoms with Gasteiger partial charge in [-0.3, -0.25) is 0 Å². The second kappa shape index (κ2) is 13.0. The number of aryl methyl sites for hydroxylation is 1. The third kappa shape index (κ3) is 6.51. The molecule has 0 amide bonds. The van der Waals surface area contributed by atoms with Crippen LogP contribution in [0.2, 0.25) is 0 Å². The van der Waals surface area contributed by atoms with E-state index in [1.54, 1.807) is 6.07 Å². The number of carboxylic acids is 1. The van der Waals surface area contributed by atoms with E-state index in [4.69, 9.17) is 9.47 Å². The Morgan fingerprint density at radius 3 is 2.45 bits per heavy atom. The van der Waals surface area contributed by atoms with Crippen LogP contribution in [0.4, 0.5) is 0 Å². The van der Waals surface area contributed by atoms with Gasteiger partial charge < -0.3 is 43.4 Å². The predicted molar refractivity (Wildman–Crippen MR) is 118 cm³/mol. The fraction of sp³-hybridized carbons (Fsp3) is 0.708. The van der Waals surface area contributed by atoms with Gasteiger partial charge in [0.25, 0.3) is 10.4 Å². The summed E-state index contributed by atoms with van der Waals surface area (Å²) in [5.74, 6) is -0.772. The third-order valence-electron chi connectivity index (χ3n) is 8.91. The Balaban J connectivity index is 0.00000200. The molecule has 14 heteroatoms. The summed E-state index contributed by atoms with van der Waals surface area (Å²) in [5.41, 5.74) is 1.85. The second-order valence-electron chi connectivity index (χ2n) is 10.7. The Hall–Kier alpha value is 1.47. The van der Waals surface area contributed by atoms with Gasteiger partial charge in [0.2, 0.25) is 0 Å². The molecule has 38 heavy (non-hydrogen) atoms. The Morgan fingerprint density at radius 1 is 1.08 bits per heavy atom. The molecule has 2 saturated carbocycles. The van der Waals surface area contributed by atoms with Crippen molar-refractivity contribution in [3.8, 4) is 5.75 Å². The van der Waals surface area contributed by atoms with Crippen molar-refractivity contribution in [1.29, 1.82) is 0 Å². The van der Waals surface area contributed by atoms with Crippen LogP contribution in [0, 0.1) is 17.3 Å². The maximum absolute atomic E-state index is 11.3. The smallest absolute Gasteiger partial charge is 0.716 e. The van der Waals surface area contributed by atoms with Crippen LogP contribution in [0.3, 0.4) is 0 Å². The molecule has 0 radical (unpaired) electrons. The number of ether oxygens (including phenoxy) is 2. The van der Waals surface area contributed by atoms with E-state index in [9.17, 15) is 38.2 Å². The number of hydrogen-bond donors (Lipinski definition) is 3. The van der Waals surface area contributed by atoms with Crippen molar-refractivity contribution in [1.82, 2.24) is 0 Å². The number of hydrogen-bond acceptors (Lipinski definition) is 11. The minimum Gasteiger partial charge on any atom is -0.716 e. The Bertz CT molecular complexity index is 1130. The molecule has 0 spiro atoms. The molecule has 0 bridgehead atoms. The van der Waals surface area contributed by atoms with Crippen LogP contribution in [0.5, 0.6) is 5.75 Å². The van der Waals surface area contributed by atoms with Crippen molar-refractivity contribution in [2.45, 2.75) is 88.2 Å². The molecule has 5 unspecified atom stereocenters. The predicted octanol–water partition coefficient (Wildman–Crippen LogP) is -6.67. The Morgan fingerprint density at radius 2 is 1.79 bits per heavy atom. The van der Waals surface area contributed by atoms with Gasteiger partial charge in [-0.2, -0.15) is 0 Å². The molecule has 4 aliphatic rings. The van der Waals surface area contributed by atoms with E-state index in [1.165, 1.54) is 6.07 Å². The van der Waals surface area contributed by atoms with Gasteiger partial charge in [0.15, 0.2) is 6.29 Å². The van der Waals surface area contributed by atoms with Gasteiger partial charge in [0, 0.05) is 0 Å². The van der Waals surface area contributed by atoms with E-state index in [-0.39, 0.29) is 126 Å². The number of aliphatic carboxylic acids is 1. The summed E-state index contributed by atoms with van der Waals surface area (Å²) in [5, 5.41) is 41.8. The molecule has 1 aromatic rings. The van der Waals surface area contributed by atoms with Crippen LogP contribution in [-0.4, -0.2) is 71.1 Å². The van der Waals surface area contributed by atoms with Crippen LogP contribution >= 0.6 is 0 Å². The van der Waals surface area contributed by atoms with E-state index in [0.29, 0.717) is 24.7 Å². The molecule has 3 fully saturated rings. The van der Waals surface area contributed by atoms with E-state index < -0.39 is 47.1 Å². The standard InChI is InChI=1S/C24H32O11S.2K/c1-24-9-8-14-13-5-3-12(35-36(30,31)32)10-11(13)2-4-15(14)16(24)6-7-17(24)33-23-20(27)18(25)19(26)21(34-23)22(28)29;;/h3,5,10,14-21,23,25-27H,2,4,6-9H2,1H3,(H,28,29)(H,30,31,32);;/q;2*+1/p-2/t14-,15-,16+,17+,18?,19?,20?,21?,23?,24+;;/m0../s1. The molecule has 3 N–H and O–H groups in total. The van der Waals surface area contributed by atoms with Gasteiger partial charge in [-0.15, -0.1) is 0 Å². The Labute approximate surface area is 306 Å². The fourth-order valence-corrected chi connectivity index (χ4v) is 7.56. The first-order valence-electron chi connectivity index (χ1n) is 12.2. The maximum Gasteiger partial charge on any atom is 1.00 e. The van der Waals surface area contributed by atoms with Crippen molar-refractivity contribution >= 4 is 16.4 Å². The number of fused-ring (bicyclic) bond motifs is 5. The van der Waals surface area contributed by atoms with Gasteiger partial charge in [0.1, 0.15) is 30.2 Å². The van der Waals surface area contributed by atoms with Crippen molar-refractivity contribution in [3.63, 3.8) is 0 Å². The van der Waals surface area contributed by atoms with E-state index >= 15 is 0 Å². The SMILES string of the molecule is C[C@@]12CC[C@H]3c4ccc(OS(=O)(=O)[O-])cc4CC[C@@H]3[C@H]1CC[C@H]2OC1OC(C(=O)[O-])C(O)C(O)C1O.[K+].[K+]. The van der Waals surface area contributed by atoms with Gasteiger partial charge in [-0.05, 0) is 85.0 Å². The fourth-order valence-electron chi connectivity index (χ4n) is 7.22. The molecule has 3 aliphatic carbocycles. The molecule has 200 valence electrons. The van der Waals surface area contributed by atoms with Crippen molar-refractivity contribution in [2.75, 3.05) is 0 Å². The van der Waals surface area contributed by atoms with Crippen LogP contribution < -0.4 is 112 Å². The number of aliphatic hydroxyl groups excluding tert-OH is 3. The van der Waals surface area contributed by atoms with Crippen LogP contribution in [-0.2, 0) is 31.1 Å². The first-order valence-corrected chi connectivity index (χ1v) is 13.6. The van der Waals surface area contributed by atoms with Crippen molar-refractivity contribution < 1.29 is 155 Å². The molecule has 10 atom stereocenters. The van der Waals surface area contributed by atoms with Crippen LogP contribution in [0.15, 0.2) is 18.2 Å². The number of aliphatic hydroxyl groups is 3. The van der Waals surface area contributed by atoms with Gasteiger partial charge in [-0.1, -0.05) is 13.0 Å². The normalized spacial score (nSPS) is 40.0. The van der Waals surface area contributed by atoms with E-state index in [2.05, 4.69) is 11.1 Å². The summed E-state index contributed by atoms with van der Waals surface area (Å²) in [6.45, 7) is 2.13. The number of benzene rings is 1. The molecule has 1 heterocycles. The van der Waals surface area contributed by atoms with Crippen LogP contribution in [0.25, 0.3) is 0 Å².